The first kappa shape index (κ1) is 16.8. The zero-order valence-electron chi connectivity index (χ0n) is 14.9. The number of rotatable bonds is 5. The number of benzene rings is 2. The Hall–Kier alpha value is -2.66. The van der Waals surface area contributed by atoms with Gasteiger partial charge in [0.1, 0.15) is 5.75 Å². The van der Waals surface area contributed by atoms with Crippen molar-refractivity contribution in [1.29, 1.82) is 0 Å². The van der Waals surface area contributed by atoms with Crippen molar-refractivity contribution in [1.82, 2.24) is 4.90 Å². The summed E-state index contributed by atoms with van der Waals surface area (Å²) < 4.78 is 5.52. The summed E-state index contributed by atoms with van der Waals surface area (Å²) >= 11 is 0. The van der Waals surface area contributed by atoms with Crippen LogP contribution in [0.3, 0.4) is 0 Å². The van der Waals surface area contributed by atoms with Gasteiger partial charge in [-0.05, 0) is 49.6 Å². The predicted octanol–water partition coefficient (Wildman–Crippen LogP) is 3.41. The van der Waals surface area contributed by atoms with E-state index in [1.165, 1.54) is 5.56 Å². The number of Topliss-reactive ketones (excluding diaryl/α,β-unsaturated/α-hetero) is 1. The van der Waals surface area contributed by atoms with Gasteiger partial charge in [-0.1, -0.05) is 24.3 Å². The van der Waals surface area contributed by atoms with E-state index in [2.05, 4.69) is 17.0 Å². The highest BCUT2D eigenvalue weighted by Gasteiger charge is 2.38. The van der Waals surface area contributed by atoms with Crippen LogP contribution < -0.4 is 9.64 Å². The number of carbonyl (C=O) groups excluding carboxylic acids is 2. The molecule has 0 radical (unpaired) electrons. The molecule has 26 heavy (non-hydrogen) atoms. The van der Waals surface area contributed by atoms with E-state index in [0.29, 0.717) is 18.8 Å². The van der Waals surface area contributed by atoms with Gasteiger partial charge in [0, 0.05) is 12.6 Å². The molecular weight excluding hydrogens is 328 g/mol. The molecule has 1 atom stereocenters. The van der Waals surface area contributed by atoms with E-state index in [1.807, 2.05) is 31.2 Å². The van der Waals surface area contributed by atoms with E-state index in [1.54, 1.807) is 17.0 Å². The second kappa shape index (κ2) is 6.92. The zero-order valence-corrected chi connectivity index (χ0v) is 14.9. The minimum atomic E-state index is -0.427. The largest absolute Gasteiger partial charge is 0.494 e. The van der Waals surface area contributed by atoms with Crippen LogP contribution in [0.2, 0.25) is 0 Å². The molecule has 0 saturated carbocycles. The summed E-state index contributed by atoms with van der Waals surface area (Å²) in [6.45, 7) is 3.98. The summed E-state index contributed by atoms with van der Waals surface area (Å²) in [5.41, 5.74) is 2.45. The van der Waals surface area contributed by atoms with Gasteiger partial charge in [-0.15, -0.1) is 0 Å². The highest BCUT2D eigenvalue weighted by atomic mass is 16.5. The molecule has 134 valence electrons. The van der Waals surface area contributed by atoms with Crippen LogP contribution in [-0.4, -0.2) is 36.4 Å². The van der Waals surface area contributed by atoms with Gasteiger partial charge in [0.15, 0.2) is 0 Å². The average Bonchev–Trinajstić information content (AvgIpc) is 3.22. The highest BCUT2D eigenvalue weighted by molar-refractivity contribution is 6.52. The lowest BCUT2D eigenvalue weighted by atomic mass is 10.0. The molecule has 4 rings (SSSR count). The number of ketones is 1. The van der Waals surface area contributed by atoms with Crippen LogP contribution >= 0.6 is 0 Å². The van der Waals surface area contributed by atoms with E-state index < -0.39 is 11.7 Å². The molecule has 0 spiro atoms. The van der Waals surface area contributed by atoms with Crippen molar-refractivity contribution in [3.05, 3.63) is 59.7 Å². The summed E-state index contributed by atoms with van der Waals surface area (Å²) in [7, 11) is 0. The number of ether oxygens (including phenoxy) is 1. The van der Waals surface area contributed by atoms with Crippen LogP contribution in [0.4, 0.5) is 5.69 Å². The summed E-state index contributed by atoms with van der Waals surface area (Å²) in [4.78, 5) is 28.5. The summed E-state index contributed by atoms with van der Waals surface area (Å²) in [5, 5.41) is 0. The number of fused-ring (bicyclic) bond motifs is 1. The van der Waals surface area contributed by atoms with Crippen molar-refractivity contribution in [2.24, 2.45) is 0 Å². The summed E-state index contributed by atoms with van der Waals surface area (Å²) in [5.74, 6) is 0.0380. The van der Waals surface area contributed by atoms with Crippen LogP contribution in [0, 0.1) is 0 Å². The van der Waals surface area contributed by atoms with Gasteiger partial charge in [0.05, 0.1) is 24.5 Å². The van der Waals surface area contributed by atoms with Gasteiger partial charge in [-0.2, -0.15) is 0 Å². The van der Waals surface area contributed by atoms with Gasteiger partial charge in [0.2, 0.25) is 0 Å². The fraction of sp³-hybridized carbons (Fsp3) is 0.333. The van der Waals surface area contributed by atoms with Crippen LogP contribution in [0.15, 0.2) is 48.5 Å². The minimum Gasteiger partial charge on any atom is -0.494 e. The molecule has 1 fully saturated rings. The number of hydrogen-bond donors (Lipinski definition) is 0. The molecule has 2 aromatic rings. The number of hydrogen-bond acceptors (Lipinski definition) is 4. The Balaban J connectivity index is 1.54. The zero-order chi connectivity index (χ0) is 18.1. The number of anilines is 1. The Labute approximate surface area is 153 Å². The number of para-hydroxylation sites is 1. The van der Waals surface area contributed by atoms with Gasteiger partial charge < -0.3 is 4.74 Å². The minimum absolute atomic E-state index is 0.251. The number of amides is 1. The van der Waals surface area contributed by atoms with E-state index in [0.717, 1.165) is 30.8 Å². The van der Waals surface area contributed by atoms with Crippen LogP contribution in [0.5, 0.6) is 5.75 Å². The maximum Gasteiger partial charge on any atom is 0.300 e. The molecule has 1 saturated heterocycles. The Bertz CT molecular complexity index is 831. The smallest absolute Gasteiger partial charge is 0.300 e. The second-order valence-electron chi connectivity index (χ2n) is 6.69. The normalized spacial score (nSPS) is 19.9. The fourth-order valence-electron chi connectivity index (χ4n) is 3.90. The Kier molecular flexibility index (Phi) is 4.47. The van der Waals surface area contributed by atoms with Crippen molar-refractivity contribution >= 4 is 17.4 Å². The molecule has 0 aromatic heterocycles. The molecule has 0 aliphatic carbocycles. The van der Waals surface area contributed by atoms with E-state index in [4.69, 9.17) is 4.74 Å². The molecule has 1 amide bonds. The lowest BCUT2D eigenvalue weighted by Crippen LogP contribution is -2.40. The average molecular weight is 350 g/mol. The van der Waals surface area contributed by atoms with Crippen molar-refractivity contribution in [3.63, 3.8) is 0 Å². The fourth-order valence-corrected chi connectivity index (χ4v) is 3.90. The lowest BCUT2D eigenvalue weighted by Gasteiger charge is -2.29. The molecule has 2 aliphatic heterocycles. The molecule has 2 aliphatic rings. The SMILES string of the molecule is CCOc1ccc([C@@H]2CCCN2CN2C(=O)C(=O)c3ccccc32)cc1. The third-order valence-corrected chi connectivity index (χ3v) is 5.14. The van der Waals surface area contributed by atoms with Crippen molar-refractivity contribution in [2.45, 2.75) is 25.8 Å². The first-order chi connectivity index (χ1) is 12.7. The number of nitrogens with zero attached hydrogens (tertiary/aromatic N) is 2. The second-order valence-corrected chi connectivity index (χ2v) is 6.69. The number of likely N-dealkylation sites (tertiary alicyclic amines) is 1. The third kappa shape index (κ3) is 2.88. The van der Waals surface area contributed by atoms with E-state index in [-0.39, 0.29) is 6.04 Å². The van der Waals surface area contributed by atoms with Crippen LogP contribution in [-0.2, 0) is 4.79 Å². The van der Waals surface area contributed by atoms with Crippen molar-refractivity contribution < 1.29 is 14.3 Å². The quantitative estimate of drug-likeness (QED) is 0.776. The Morgan fingerprint density at radius 3 is 2.62 bits per heavy atom. The third-order valence-electron chi connectivity index (χ3n) is 5.14. The first-order valence-electron chi connectivity index (χ1n) is 9.11. The molecule has 2 aromatic carbocycles. The summed E-state index contributed by atoms with van der Waals surface area (Å²) in [6.07, 6.45) is 2.13. The standard InChI is InChI=1S/C21H22N2O3/c1-2-26-16-11-9-15(10-12-16)18-8-5-13-22(18)14-23-19-7-4-3-6-17(19)20(24)21(23)25/h3-4,6-7,9-12,18H,2,5,8,13-14H2,1H3/t18-/m0/s1. The molecule has 2 heterocycles. The molecular formula is C21H22N2O3. The van der Waals surface area contributed by atoms with Crippen LogP contribution in [0.1, 0.15) is 41.7 Å². The van der Waals surface area contributed by atoms with Gasteiger partial charge in [-0.3, -0.25) is 19.4 Å². The predicted molar refractivity (Wildman–Crippen MR) is 99.4 cm³/mol. The monoisotopic (exact) mass is 350 g/mol. The van der Waals surface area contributed by atoms with Gasteiger partial charge in [-0.25, -0.2) is 0 Å². The lowest BCUT2D eigenvalue weighted by molar-refractivity contribution is -0.114. The number of carbonyl (C=O) groups is 2. The van der Waals surface area contributed by atoms with Gasteiger partial charge >= 0.3 is 5.91 Å². The summed E-state index contributed by atoms with van der Waals surface area (Å²) in [6, 6.07) is 15.7. The molecule has 0 bridgehead atoms. The Morgan fingerprint density at radius 1 is 1.08 bits per heavy atom. The molecule has 5 heteroatoms. The van der Waals surface area contributed by atoms with E-state index >= 15 is 0 Å². The first-order valence-corrected chi connectivity index (χ1v) is 9.11. The van der Waals surface area contributed by atoms with E-state index in [9.17, 15) is 9.59 Å². The highest BCUT2D eigenvalue weighted by Crippen LogP contribution is 2.35. The molecule has 0 unspecified atom stereocenters. The van der Waals surface area contributed by atoms with Crippen molar-refractivity contribution in [3.8, 4) is 5.75 Å². The molecule has 5 nitrogen and oxygen atoms in total. The van der Waals surface area contributed by atoms with Crippen molar-refractivity contribution in [2.75, 3.05) is 24.7 Å². The molecule has 0 N–H and O–H groups in total. The van der Waals surface area contributed by atoms with Crippen LogP contribution in [0.25, 0.3) is 0 Å². The maximum absolute atomic E-state index is 12.4. The Morgan fingerprint density at radius 2 is 1.85 bits per heavy atom. The topological polar surface area (TPSA) is 49.9 Å². The maximum atomic E-state index is 12.4. The van der Waals surface area contributed by atoms with Gasteiger partial charge in [0.25, 0.3) is 5.78 Å².